The Morgan fingerprint density at radius 2 is 2.10 bits per heavy atom. The first kappa shape index (κ1) is 15.8. The highest BCUT2D eigenvalue weighted by Crippen LogP contribution is 2.19. The molecule has 0 aliphatic carbocycles. The minimum Gasteiger partial charge on any atom is -0.395 e. The molecule has 0 spiro atoms. The Bertz CT molecular complexity index is 452. The van der Waals surface area contributed by atoms with Crippen molar-refractivity contribution in [1.82, 2.24) is 15.1 Å². The first-order chi connectivity index (χ1) is 10.1. The molecule has 0 aromatic heterocycles. The number of likely N-dealkylation sites (tertiary alicyclic amines) is 1. The van der Waals surface area contributed by atoms with Crippen LogP contribution in [0.1, 0.15) is 12.5 Å². The van der Waals surface area contributed by atoms with Gasteiger partial charge in [-0.15, -0.1) is 0 Å². The van der Waals surface area contributed by atoms with Gasteiger partial charge in [-0.3, -0.25) is 4.90 Å². The molecule has 21 heavy (non-hydrogen) atoms. The molecule has 2 atom stereocenters. The van der Waals surface area contributed by atoms with Gasteiger partial charge in [-0.1, -0.05) is 37.3 Å². The minimum absolute atomic E-state index is 0.00965. The van der Waals surface area contributed by atoms with E-state index in [-0.39, 0.29) is 18.7 Å². The number of carbonyl (C=O) groups is 1. The summed E-state index contributed by atoms with van der Waals surface area (Å²) in [5.74, 6) is 0.431. The van der Waals surface area contributed by atoms with Crippen LogP contribution in [0.4, 0.5) is 4.79 Å². The normalized spacial score (nSPS) is 22.2. The van der Waals surface area contributed by atoms with Crippen molar-refractivity contribution in [2.45, 2.75) is 19.5 Å². The number of hydrogen-bond acceptors (Lipinski definition) is 3. The number of hydrogen-bond donors (Lipinski definition) is 2. The SMILES string of the molecule is CC1CN(Cc2ccccc2)CC1NC(=O)N(C)CCO. The van der Waals surface area contributed by atoms with E-state index in [9.17, 15) is 4.79 Å². The fourth-order valence-corrected chi connectivity index (χ4v) is 2.75. The molecule has 2 unspecified atom stereocenters. The summed E-state index contributed by atoms with van der Waals surface area (Å²) >= 11 is 0. The number of carbonyl (C=O) groups excluding carboxylic acids is 1. The van der Waals surface area contributed by atoms with Gasteiger partial charge in [0.2, 0.25) is 0 Å². The molecule has 2 rings (SSSR count). The predicted octanol–water partition coefficient (Wildman–Crippen LogP) is 1.14. The van der Waals surface area contributed by atoms with E-state index in [0.29, 0.717) is 12.5 Å². The molecule has 5 heteroatoms. The summed E-state index contributed by atoms with van der Waals surface area (Å²) in [5.41, 5.74) is 1.30. The van der Waals surface area contributed by atoms with Crippen LogP contribution in [0.3, 0.4) is 0 Å². The number of aliphatic hydroxyl groups is 1. The molecule has 1 heterocycles. The van der Waals surface area contributed by atoms with Gasteiger partial charge in [0, 0.05) is 39.3 Å². The van der Waals surface area contributed by atoms with Crippen molar-refractivity contribution >= 4 is 6.03 Å². The summed E-state index contributed by atoms with van der Waals surface area (Å²) in [6.45, 7) is 5.30. The molecular weight excluding hydrogens is 266 g/mol. The van der Waals surface area contributed by atoms with Gasteiger partial charge < -0.3 is 15.3 Å². The third kappa shape index (κ3) is 4.44. The lowest BCUT2D eigenvalue weighted by Crippen LogP contribution is -2.46. The van der Waals surface area contributed by atoms with Crippen LogP contribution in [-0.2, 0) is 6.54 Å². The lowest BCUT2D eigenvalue weighted by atomic mass is 10.1. The smallest absolute Gasteiger partial charge is 0.317 e. The molecule has 1 saturated heterocycles. The summed E-state index contributed by atoms with van der Waals surface area (Å²) in [6, 6.07) is 10.5. The highest BCUT2D eigenvalue weighted by Gasteiger charge is 2.31. The minimum atomic E-state index is -0.109. The lowest BCUT2D eigenvalue weighted by Gasteiger charge is -2.22. The molecule has 116 valence electrons. The highest BCUT2D eigenvalue weighted by molar-refractivity contribution is 5.74. The van der Waals surface area contributed by atoms with Gasteiger partial charge in [0.15, 0.2) is 0 Å². The van der Waals surface area contributed by atoms with Crippen molar-refractivity contribution in [1.29, 1.82) is 0 Å². The number of rotatable bonds is 5. The Morgan fingerprint density at radius 1 is 1.38 bits per heavy atom. The van der Waals surface area contributed by atoms with Crippen molar-refractivity contribution in [3.63, 3.8) is 0 Å². The highest BCUT2D eigenvalue weighted by atomic mass is 16.3. The first-order valence-corrected chi connectivity index (χ1v) is 7.49. The number of benzene rings is 1. The largest absolute Gasteiger partial charge is 0.395 e. The summed E-state index contributed by atoms with van der Waals surface area (Å²) in [7, 11) is 1.70. The van der Waals surface area contributed by atoms with E-state index in [0.717, 1.165) is 19.6 Å². The Balaban J connectivity index is 1.85. The van der Waals surface area contributed by atoms with Gasteiger partial charge in [0.25, 0.3) is 0 Å². The molecule has 1 fully saturated rings. The Kier molecular flexibility index (Phi) is 5.59. The van der Waals surface area contributed by atoms with Gasteiger partial charge in [-0.05, 0) is 11.5 Å². The van der Waals surface area contributed by atoms with Crippen molar-refractivity contribution in [2.24, 2.45) is 5.92 Å². The van der Waals surface area contributed by atoms with Crippen LogP contribution in [0.5, 0.6) is 0 Å². The van der Waals surface area contributed by atoms with Gasteiger partial charge in [-0.2, -0.15) is 0 Å². The summed E-state index contributed by atoms with van der Waals surface area (Å²) in [5, 5.41) is 11.9. The van der Waals surface area contributed by atoms with Gasteiger partial charge in [-0.25, -0.2) is 4.79 Å². The van der Waals surface area contributed by atoms with E-state index in [1.165, 1.54) is 10.5 Å². The van der Waals surface area contributed by atoms with Crippen LogP contribution in [-0.4, -0.2) is 60.3 Å². The quantitative estimate of drug-likeness (QED) is 0.855. The molecule has 0 saturated carbocycles. The van der Waals surface area contributed by atoms with Crippen molar-refractivity contribution in [3.05, 3.63) is 35.9 Å². The van der Waals surface area contributed by atoms with Crippen molar-refractivity contribution < 1.29 is 9.90 Å². The van der Waals surface area contributed by atoms with E-state index in [2.05, 4.69) is 41.4 Å². The van der Waals surface area contributed by atoms with E-state index in [1.54, 1.807) is 7.05 Å². The molecule has 0 radical (unpaired) electrons. The van der Waals surface area contributed by atoms with Crippen LogP contribution in [0.15, 0.2) is 30.3 Å². The maximum absolute atomic E-state index is 12.0. The third-order valence-electron chi connectivity index (χ3n) is 4.03. The molecule has 1 aliphatic rings. The fourth-order valence-electron chi connectivity index (χ4n) is 2.75. The van der Waals surface area contributed by atoms with Gasteiger partial charge >= 0.3 is 6.03 Å². The number of likely N-dealkylation sites (N-methyl/N-ethyl adjacent to an activating group) is 1. The van der Waals surface area contributed by atoms with Crippen LogP contribution >= 0.6 is 0 Å². The second kappa shape index (κ2) is 7.43. The van der Waals surface area contributed by atoms with Crippen LogP contribution < -0.4 is 5.32 Å². The summed E-state index contributed by atoms with van der Waals surface area (Å²) < 4.78 is 0. The Hall–Kier alpha value is -1.59. The van der Waals surface area contributed by atoms with E-state index in [4.69, 9.17) is 5.11 Å². The maximum Gasteiger partial charge on any atom is 0.317 e. The molecule has 0 bridgehead atoms. The molecule has 5 nitrogen and oxygen atoms in total. The van der Waals surface area contributed by atoms with E-state index < -0.39 is 0 Å². The zero-order valence-corrected chi connectivity index (χ0v) is 12.8. The number of urea groups is 1. The standard InChI is InChI=1S/C16H25N3O2/c1-13-10-19(11-14-6-4-3-5-7-14)12-15(13)17-16(21)18(2)8-9-20/h3-7,13,15,20H,8-12H2,1-2H3,(H,17,21). The lowest BCUT2D eigenvalue weighted by molar-refractivity contribution is 0.185. The third-order valence-corrected chi connectivity index (χ3v) is 4.03. The molecule has 2 amide bonds. The van der Waals surface area contributed by atoms with Crippen LogP contribution in [0, 0.1) is 5.92 Å². The summed E-state index contributed by atoms with van der Waals surface area (Å²) in [4.78, 5) is 15.9. The van der Waals surface area contributed by atoms with E-state index >= 15 is 0 Å². The number of nitrogens with zero attached hydrogens (tertiary/aromatic N) is 2. The molecule has 1 aromatic carbocycles. The van der Waals surface area contributed by atoms with Crippen molar-refractivity contribution in [2.75, 3.05) is 33.3 Å². The second-order valence-corrected chi connectivity index (χ2v) is 5.86. The second-order valence-electron chi connectivity index (χ2n) is 5.86. The topological polar surface area (TPSA) is 55.8 Å². The monoisotopic (exact) mass is 291 g/mol. The van der Waals surface area contributed by atoms with Gasteiger partial charge in [0.05, 0.1) is 6.61 Å². The fraction of sp³-hybridized carbons (Fsp3) is 0.562. The van der Waals surface area contributed by atoms with Gasteiger partial charge in [0.1, 0.15) is 0 Å². The molecule has 1 aliphatic heterocycles. The first-order valence-electron chi connectivity index (χ1n) is 7.49. The maximum atomic E-state index is 12.0. The van der Waals surface area contributed by atoms with E-state index in [1.807, 2.05) is 6.07 Å². The average molecular weight is 291 g/mol. The summed E-state index contributed by atoms with van der Waals surface area (Å²) in [6.07, 6.45) is 0. The zero-order valence-electron chi connectivity index (χ0n) is 12.8. The van der Waals surface area contributed by atoms with Crippen molar-refractivity contribution in [3.8, 4) is 0 Å². The number of nitrogens with one attached hydrogen (secondary N) is 1. The van der Waals surface area contributed by atoms with Crippen LogP contribution in [0.25, 0.3) is 0 Å². The number of amides is 2. The molecule has 1 aromatic rings. The Labute approximate surface area is 126 Å². The molecule has 2 N–H and O–H groups in total. The zero-order chi connectivity index (χ0) is 15.2. The number of aliphatic hydroxyl groups excluding tert-OH is 1. The molecular formula is C16H25N3O2. The predicted molar refractivity (Wildman–Crippen MR) is 82.9 cm³/mol. The van der Waals surface area contributed by atoms with Crippen LogP contribution in [0.2, 0.25) is 0 Å². The Morgan fingerprint density at radius 3 is 2.76 bits per heavy atom. The average Bonchev–Trinajstić information content (AvgIpc) is 2.80.